The first-order valence-corrected chi connectivity index (χ1v) is 6.80. The van der Waals surface area contributed by atoms with Crippen LogP contribution < -0.4 is 10.1 Å². The molecule has 0 aromatic heterocycles. The van der Waals surface area contributed by atoms with E-state index in [2.05, 4.69) is 5.32 Å². The van der Waals surface area contributed by atoms with Gasteiger partial charge in [-0.1, -0.05) is 25.0 Å². The largest absolute Gasteiger partial charge is 0.494 e. The highest BCUT2D eigenvalue weighted by Crippen LogP contribution is 2.21. The second-order valence-electron chi connectivity index (χ2n) is 4.93. The van der Waals surface area contributed by atoms with E-state index in [4.69, 9.17) is 4.74 Å². The molecule has 1 N–H and O–H groups in total. The van der Waals surface area contributed by atoms with Gasteiger partial charge in [0.15, 0.2) is 17.3 Å². The molecule has 1 aromatic carbocycles. The Labute approximate surface area is 113 Å². The molecule has 1 aromatic rings. The van der Waals surface area contributed by atoms with Crippen LogP contribution in [0.3, 0.4) is 0 Å². The van der Waals surface area contributed by atoms with Gasteiger partial charge in [-0.05, 0) is 31.0 Å². The maximum atomic E-state index is 14.0. The monoisotopic (exact) mass is 265 g/mol. The van der Waals surface area contributed by atoms with E-state index >= 15 is 0 Å². The highest BCUT2D eigenvalue weighted by atomic mass is 19.1. The number of hydrogen-bond acceptors (Lipinski definition) is 3. The fraction of sp³-hybridized carbons (Fsp3) is 0.533. The van der Waals surface area contributed by atoms with Crippen molar-refractivity contribution < 1.29 is 13.9 Å². The quantitative estimate of drug-likeness (QED) is 0.909. The molecule has 0 bridgehead atoms. The van der Waals surface area contributed by atoms with Crippen LogP contribution in [0.2, 0.25) is 0 Å². The summed E-state index contributed by atoms with van der Waals surface area (Å²) < 4.78 is 18.9. The van der Waals surface area contributed by atoms with Crippen molar-refractivity contribution >= 4 is 5.78 Å². The number of nitrogens with one attached hydrogen (secondary N) is 1. The molecule has 19 heavy (non-hydrogen) atoms. The molecule has 2 rings (SSSR count). The van der Waals surface area contributed by atoms with Gasteiger partial charge in [-0.3, -0.25) is 4.79 Å². The Hall–Kier alpha value is -1.42. The van der Waals surface area contributed by atoms with Gasteiger partial charge in [0.05, 0.1) is 13.2 Å². The lowest BCUT2D eigenvalue weighted by atomic mass is 10.00. The maximum Gasteiger partial charge on any atom is 0.168 e. The summed E-state index contributed by atoms with van der Waals surface area (Å²) in [5.41, 5.74) is 0.412. The molecule has 0 saturated carbocycles. The lowest BCUT2D eigenvalue weighted by molar-refractivity contribution is -0.120. The predicted molar refractivity (Wildman–Crippen MR) is 71.9 cm³/mol. The summed E-state index contributed by atoms with van der Waals surface area (Å²) in [6, 6.07) is 4.79. The number of halogens is 1. The van der Waals surface area contributed by atoms with Gasteiger partial charge in [-0.15, -0.1) is 0 Å². The zero-order chi connectivity index (χ0) is 13.7. The fourth-order valence-corrected chi connectivity index (χ4v) is 2.46. The molecule has 1 aliphatic heterocycles. The lowest BCUT2D eigenvalue weighted by Crippen LogP contribution is -2.37. The number of hydrogen-bond donors (Lipinski definition) is 1. The van der Waals surface area contributed by atoms with Gasteiger partial charge < -0.3 is 10.1 Å². The maximum absolute atomic E-state index is 14.0. The Balaban J connectivity index is 2.05. The molecule has 1 unspecified atom stereocenters. The number of methoxy groups -OCH3 is 1. The smallest absolute Gasteiger partial charge is 0.168 e. The molecule has 1 atom stereocenters. The molecule has 104 valence electrons. The van der Waals surface area contributed by atoms with Crippen molar-refractivity contribution in [1.82, 2.24) is 5.32 Å². The molecule has 3 nitrogen and oxygen atoms in total. The molecule has 1 heterocycles. The first kappa shape index (κ1) is 14.0. The van der Waals surface area contributed by atoms with Gasteiger partial charge in [-0.25, -0.2) is 4.39 Å². The van der Waals surface area contributed by atoms with Crippen LogP contribution in [0.25, 0.3) is 0 Å². The number of ketones is 1. The Bertz CT molecular complexity index is 440. The molecular weight excluding hydrogens is 245 g/mol. The molecule has 0 amide bonds. The molecule has 0 spiro atoms. The van der Waals surface area contributed by atoms with Crippen LogP contribution >= 0.6 is 0 Å². The minimum absolute atomic E-state index is 0.0639. The molecule has 4 heteroatoms. The summed E-state index contributed by atoms with van der Waals surface area (Å²) in [5.74, 6) is -0.167. The summed E-state index contributed by atoms with van der Waals surface area (Å²) in [4.78, 5) is 12.2. The van der Waals surface area contributed by atoms with Crippen LogP contribution in [-0.4, -0.2) is 25.5 Å². The number of Topliss-reactive ketones (excluding diaryl/α,β-unsaturated/α-hetero) is 1. The van der Waals surface area contributed by atoms with Crippen molar-refractivity contribution in [2.24, 2.45) is 0 Å². The number of ether oxygens (including phenoxy) is 1. The molecular formula is C15H20FNO2. The number of benzene rings is 1. The topological polar surface area (TPSA) is 38.3 Å². The SMILES string of the molecule is COc1cccc(CC(=O)C2CCCCCN2)c1F. The first-order valence-electron chi connectivity index (χ1n) is 6.80. The number of carbonyl (C=O) groups excluding carboxylic acids is 1. The van der Waals surface area contributed by atoms with Crippen LogP contribution in [0.5, 0.6) is 5.75 Å². The second-order valence-corrected chi connectivity index (χ2v) is 4.93. The predicted octanol–water partition coefficient (Wildman–Crippen LogP) is 2.48. The molecule has 1 aliphatic rings. The van der Waals surface area contributed by atoms with Gasteiger partial charge in [0.1, 0.15) is 0 Å². The Morgan fingerprint density at radius 3 is 3.05 bits per heavy atom. The Morgan fingerprint density at radius 1 is 1.42 bits per heavy atom. The minimum Gasteiger partial charge on any atom is -0.494 e. The zero-order valence-corrected chi connectivity index (χ0v) is 11.2. The zero-order valence-electron chi connectivity index (χ0n) is 11.2. The van der Waals surface area contributed by atoms with Gasteiger partial charge in [-0.2, -0.15) is 0 Å². The van der Waals surface area contributed by atoms with Crippen molar-refractivity contribution in [3.05, 3.63) is 29.6 Å². The van der Waals surface area contributed by atoms with E-state index in [1.165, 1.54) is 7.11 Å². The average Bonchev–Trinajstić information content (AvgIpc) is 2.70. The van der Waals surface area contributed by atoms with Gasteiger partial charge >= 0.3 is 0 Å². The minimum atomic E-state index is -0.424. The molecule has 0 radical (unpaired) electrons. The Morgan fingerprint density at radius 2 is 2.26 bits per heavy atom. The number of rotatable bonds is 4. The molecule has 0 aliphatic carbocycles. The van der Waals surface area contributed by atoms with Crippen LogP contribution in [0, 0.1) is 5.82 Å². The van der Waals surface area contributed by atoms with E-state index in [0.717, 1.165) is 32.2 Å². The summed E-state index contributed by atoms with van der Waals surface area (Å²) >= 11 is 0. The van der Waals surface area contributed by atoms with Crippen molar-refractivity contribution in [3.63, 3.8) is 0 Å². The van der Waals surface area contributed by atoms with Gasteiger partial charge in [0.2, 0.25) is 0 Å². The fourth-order valence-electron chi connectivity index (χ4n) is 2.46. The van der Waals surface area contributed by atoms with E-state index in [-0.39, 0.29) is 24.0 Å². The van der Waals surface area contributed by atoms with Crippen LogP contribution in [0.4, 0.5) is 4.39 Å². The standard InChI is InChI=1S/C15H20FNO2/c1-19-14-8-5-6-11(15(14)16)10-13(18)12-7-3-2-4-9-17-12/h5-6,8,12,17H,2-4,7,9-10H2,1H3. The summed E-state index contributed by atoms with van der Waals surface area (Å²) in [6.07, 6.45) is 4.30. The molecule has 1 saturated heterocycles. The second kappa shape index (κ2) is 6.66. The van der Waals surface area contributed by atoms with Crippen molar-refractivity contribution in [1.29, 1.82) is 0 Å². The van der Waals surface area contributed by atoms with Crippen LogP contribution in [-0.2, 0) is 11.2 Å². The van der Waals surface area contributed by atoms with E-state index in [1.807, 2.05) is 0 Å². The lowest BCUT2D eigenvalue weighted by Gasteiger charge is -2.15. The third-order valence-electron chi connectivity index (χ3n) is 3.58. The third kappa shape index (κ3) is 3.53. The summed E-state index contributed by atoms with van der Waals surface area (Å²) in [5, 5.41) is 3.25. The molecule has 1 fully saturated rings. The normalized spacial score (nSPS) is 19.8. The van der Waals surface area contributed by atoms with Crippen molar-refractivity contribution in [3.8, 4) is 5.75 Å². The Kier molecular flexibility index (Phi) is 4.91. The van der Waals surface area contributed by atoms with Gasteiger partial charge in [0.25, 0.3) is 0 Å². The summed E-state index contributed by atoms with van der Waals surface area (Å²) in [6.45, 7) is 0.872. The van der Waals surface area contributed by atoms with E-state index in [1.54, 1.807) is 18.2 Å². The van der Waals surface area contributed by atoms with Gasteiger partial charge in [0, 0.05) is 6.42 Å². The van der Waals surface area contributed by atoms with E-state index in [0.29, 0.717) is 5.56 Å². The van der Waals surface area contributed by atoms with Crippen molar-refractivity contribution in [2.45, 2.75) is 38.1 Å². The van der Waals surface area contributed by atoms with Crippen molar-refractivity contribution in [2.75, 3.05) is 13.7 Å². The highest BCUT2D eigenvalue weighted by Gasteiger charge is 2.21. The van der Waals surface area contributed by atoms with E-state index in [9.17, 15) is 9.18 Å². The highest BCUT2D eigenvalue weighted by molar-refractivity contribution is 5.86. The van der Waals surface area contributed by atoms with Crippen LogP contribution in [0.15, 0.2) is 18.2 Å². The third-order valence-corrected chi connectivity index (χ3v) is 3.58. The van der Waals surface area contributed by atoms with Crippen LogP contribution in [0.1, 0.15) is 31.2 Å². The van der Waals surface area contributed by atoms with E-state index < -0.39 is 5.82 Å². The number of carbonyl (C=O) groups is 1. The first-order chi connectivity index (χ1) is 9.22. The summed E-state index contributed by atoms with van der Waals surface area (Å²) in [7, 11) is 1.43. The average molecular weight is 265 g/mol.